The number of hydrogen-bond acceptors (Lipinski definition) is 5. The van der Waals surface area contributed by atoms with Crippen LogP contribution in [0.25, 0.3) is 101 Å². The van der Waals surface area contributed by atoms with Crippen molar-refractivity contribution in [2.24, 2.45) is 17.3 Å². The Morgan fingerprint density at radius 1 is 0.343 bits per heavy atom. The first-order valence-electron chi connectivity index (χ1n) is 51.7. The van der Waals surface area contributed by atoms with E-state index < -0.39 is 0 Å². The first-order valence-corrected chi connectivity index (χ1v) is 51.7. The summed E-state index contributed by atoms with van der Waals surface area (Å²) in [6, 6.07) is 127. The van der Waals surface area contributed by atoms with Gasteiger partial charge in [-0.3, -0.25) is 0 Å². The third-order valence-corrected chi connectivity index (χ3v) is 31.0. The van der Waals surface area contributed by atoms with Gasteiger partial charge in [0.1, 0.15) is 0 Å². The third-order valence-electron chi connectivity index (χ3n) is 31.0. The minimum absolute atomic E-state index is 0. The molecule has 711 valence electrons. The average Bonchev–Trinajstić information content (AvgIpc) is 1.68. The van der Waals surface area contributed by atoms with Gasteiger partial charge in [-0.2, -0.15) is 13.7 Å². The second kappa shape index (κ2) is 44.7. The molecule has 10 heteroatoms. The first-order chi connectivity index (χ1) is 69.4. The molecule has 0 saturated heterocycles. The zero-order valence-corrected chi connectivity index (χ0v) is 87.2. The molecule has 4 bridgehead atoms. The van der Waals surface area contributed by atoms with E-state index in [9.17, 15) is 0 Å². The van der Waals surface area contributed by atoms with Crippen LogP contribution in [0.5, 0.6) is 0 Å². The van der Waals surface area contributed by atoms with Crippen molar-refractivity contribution < 1.29 is 53.9 Å². The summed E-state index contributed by atoms with van der Waals surface area (Å²) < 4.78 is 7.37. The van der Waals surface area contributed by atoms with Crippen molar-refractivity contribution in [1.82, 2.24) is 24.9 Å². The van der Waals surface area contributed by atoms with Crippen molar-refractivity contribution in [2.75, 3.05) is 0 Å². The van der Waals surface area contributed by atoms with Crippen LogP contribution in [0.3, 0.4) is 0 Å². The number of aromatic nitrogens is 8. The van der Waals surface area contributed by atoms with Gasteiger partial charge in [0.25, 0.3) is 0 Å². The number of rotatable bonds is 17. The number of hydrogen-bond donors (Lipinski definition) is 0. The average molecular weight is 2220 g/mol. The van der Waals surface area contributed by atoms with Gasteiger partial charge in [-0.05, 0) is 313 Å². The van der Waals surface area contributed by atoms with Gasteiger partial charge in [-0.1, -0.05) is 155 Å². The predicted molar refractivity (Wildman–Crippen MR) is 570 cm³/mol. The Balaban J connectivity index is 0.000000111. The summed E-state index contributed by atoms with van der Waals surface area (Å²) in [7, 11) is 0. The maximum Gasteiger partial charge on any atom is 3.00 e. The van der Waals surface area contributed by atoms with Crippen molar-refractivity contribution >= 4 is 0 Å². The van der Waals surface area contributed by atoms with Crippen molar-refractivity contribution in [1.29, 1.82) is 0 Å². The van der Waals surface area contributed by atoms with Crippen molar-refractivity contribution in [2.45, 2.75) is 193 Å². The summed E-state index contributed by atoms with van der Waals surface area (Å²) in [6.45, 7) is 12.6. The fraction of sp³-hybridized carbons (Fsp3) is 0.248. The fourth-order valence-electron chi connectivity index (χ4n) is 23.3. The molecule has 0 spiro atoms. The molecule has 10 aliphatic rings. The van der Waals surface area contributed by atoms with E-state index in [4.69, 9.17) is 15.0 Å². The van der Waals surface area contributed by atoms with Gasteiger partial charge in [-0.15, -0.1) is 179 Å². The minimum atomic E-state index is 0. The van der Waals surface area contributed by atoms with Crippen LogP contribution < -0.4 is 13.7 Å². The van der Waals surface area contributed by atoms with E-state index in [0.29, 0.717) is 11.3 Å². The summed E-state index contributed by atoms with van der Waals surface area (Å²) in [5.41, 5.74) is 48.4. The maximum absolute atomic E-state index is 4.73. The largest absolute Gasteiger partial charge is 3.00 e. The molecule has 3 aliphatic heterocycles. The Morgan fingerprint density at radius 2 is 0.818 bits per heavy atom. The van der Waals surface area contributed by atoms with Crippen LogP contribution in [0.4, 0.5) is 0 Å². The van der Waals surface area contributed by atoms with Crippen molar-refractivity contribution in [3.8, 4) is 101 Å². The standard InChI is InChI=1S/C45H36N3.C23H26N.C21H22N.C17H12N.C15H16N.C12H10N.2Ir/c1-4-10-40(11-5-1)43-25-22-34(31-46-43)16-19-37-28-38(20-17-35-23-26-44(47-32-35)41-12-6-2-7-13-41)30-39(29-37)21-18-36-24-27-45(48-33-36)42-14-8-3-9-15-42;1-23(2)18-8-16-10-22-19-9-15-6-4-3-5-14(15)7-17(19)12-24(22)13-20(16)21(23)11-18;1-2-4-14-9-19-17(7-13(14)3-1)11-22-12-20-16-6-5-15(8-16)18(20)10-21(19)22;1-2-7-14(8-3-1)15-9-6-10-16(13-15)17-11-4-5-12-18-17;1-12(2)11-14-9-6-10-15(16-14)13-7-4-3-5-8-13;1-2-6-11-10(5-1)9-13-8-4-3-7-12(11)13;;/h1-10,12,14,22-33H,16-21H2;7,9-10,13,18,21H,3-6,8,11-12H2,1-2H3;7,9-10,12,15-16H,1-6,8,11H2;1-9,11-13H;3-7,9-10,12H,11H2,1-2H3;1-8H,9H2;;/q-3;2*+1;2*-1;+1;;+3. The molecule has 10 aromatic carbocycles. The number of fused-ring (bicyclic) bond motifs is 16. The zero-order chi connectivity index (χ0) is 95.0. The molecule has 8 nitrogen and oxygen atoms in total. The van der Waals surface area contributed by atoms with Gasteiger partial charge in [-0.25, -0.2) is 0 Å². The summed E-state index contributed by atoms with van der Waals surface area (Å²) >= 11 is 0. The molecule has 143 heavy (non-hydrogen) atoms. The zero-order valence-electron chi connectivity index (χ0n) is 82.5. The number of nitrogens with zero attached hydrogens (tertiary/aromatic N) is 8. The monoisotopic (exact) mass is 2220 g/mol. The minimum Gasteiger partial charge on any atom is -0.305 e. The molecule has 4 atom stereocenters. The van der Waals surface area contributed by atoms with E-state index >= 15 is 0 Å². The Morgan fingerprint density at radius 3 is 1.34 bits per heavy atom. The fourth-order valence-corrected chi connectivity index (χ4v) is 23.3. The predicted octanol–water partition coefficient (Wildman–Crippen LogP) is 28.4. The molecule has 4 unspecified atom stereocenters. The van der Waals surface area contributed by atoms with E-state index in [1.54, 1.807) is 61.8 Å². The van der Waals surface area contributed by atoms with Gasteiger partial charge >= 0.3 is 20.1 Å². The van der Waals surface area contributed by atoms with Gasteiger partial charge in [0.15, 0.2) is 38.2 Å². The molecule has 0 N–H and O–H groups in total. The maximum atomic E-state index is 4.73. The normalized spacial score (nSPS) is 16.0. The summed E-state index contributed by atoms with van der Waals surface area (Å²) in [4.78, 5) is 23.2. The number of benzene rings is 10. The van der Waals surface area contributed by atoms with Crippen LogP contribution in [0.15, 0.2) is 359 Å². The Labute approximate surface area is 873 Å². The van der Waals surface area contributed by atoms with E-state index in [2.05, 4.69) is 270 Å². The third kappa shape index (κ3) is 22.3. The van der Waals surface area contributed by atoms with Crippen molar-refractivity contribution in [3.05, 3.63) is 489 Å². The van der Waals surface area contributed by atoms with E-state index in [-0.39, 0.29) is 40.2 Å². The summed E-state index contributed by atoms with van der Waals surface area (Å²) in [6.07, 6.45) is 39.4. The van der Waals surface area contributed by atoms with E-state index in [1.807, 2.05) is 164 Å². The molecular formula is C133H122Ir2N8+. The molecule has 8 aromatic heterocycles. The Bertz CT molecular complexity index is 7090. The molecule has 18 aromatic rings. The van der Waals surface area contributed by atoms with Gasteiger partial charge in [0, 0.05) is 103 Å². The smallest absolute Gasteiger partial charge is 0.305 e. The molecule has 7 aliphatic carbocycles. The molecule has 11 heterocycles. The molecule has 2 saturated carbocycles. The molecule has 0 amide bonds. The Kier molecular flexibility index (Phi) is 30.4. The summed E-state index contributed by atoms with van der Waals surface area (Å²) in [5.74, 6) is 4.08. The van der Waals surface area contributed by atoms with Crippen LogP contribution in [0, 0.1) is 47.6 Å². The van der Waals surface area contributed by atoms with Crippen LogP contribution in [-0.4, -0.2) is 24.9 Å². The number of pyridine rings is 8. The number of aryl methyl sites for hydroxylation is 10. The van der Waals surface area contributed by atoms with E-state index in [1.165, 1.54) is 167 Å². The first kappa shape index (κ1) is 97.2. The SMILES string of the molecule is CC(C)Cc1cccc(-c2[c-]cccc2)n1.CC1(C)C2Cc3cc4[n+](cc3C1C2)Cc1cc2c(cc1-4)CCCC2.[Ir+3].[Ir].[c-]1ccc(-c2ccccc2)cc1-c1ccccn1.[c-]1ccccc1-c1ccc(CCc2cc(CCc3ccc(-c4[c-]cccc4)nc3)cc(CCc3ccc(-c4[c-]cccc4)nc3)c2)cn1.c1c2c(cc3c1C[n+]1cc4c(cc1-3)C1CCC4C1)CCCC2.c1ccc2c(c1)C[n+]1ccccc1-2. The molecular weight excluding hydrogens is 2090 g/mol. The quantitative estimate of drug-likeness (QED) is 0.0671. The molecule has 28 rings (SSSR count). The van der Waals surface area contributed by atoms with Crippen LogP contribution in [-0.2, 0) is 137 Å². The topological polar surface area (TPSA) is 76.1 Å². The Hall–Kier alpha value is -13.3. The second-order valence-electron chi connectivity index (χ2n) is 41.1. The van der Waals surface area contributed by atoms with Gasteiger partial charge < -0.3 is 24.9 Å². The second-order valence-corrected chi connectivity index (χ2v) is 41.1. The summed E-state index contributed by atoms with van der Waals surface area (Å²) in [5, 5.41) is 0. The van der Waals surface area contributed by atoms with Gasteiger partial charge in [0.05, 0.1) is 16.7 Å². The van der Waals surface area contributed by atoms with Crippen LogP contribution >= 0.6 is 0 Å². The molecule has 2 fully saturated rings. The van der Waals surface area contributed by atoms with Crippen LogP contribution in [0.2, 0.25) is 0 Å². The van der Waals surface area contributed by atoms with Crippen molar-refractivity contribution in [3.63, 3.8) is 0 Å². The van der Waals surface area contributed by atoms with Gasteiger partial charge in [0.2, 0.25) is 17.1 Å². The molecule has 1 radical (unpaired) electrons. The van der Waals surface area contributed by atoms with E-state index in [0.717, 1.165) is 150 Å². The van der Waals surface area contributed by atoms with Crippen LogP contribution in [0.1, 0.15) is 197 Å².